The number of ketones is 1. The highest BCUT2D eigenvalue weighted by molar-refractivity contribution is 6.09. The lowest BCUT2D eigenvalue weighted by Gasteiger charge is -2.15. The molecule has 0 unspecified atom stereocenters. The van der Waals surface area contributed by atoms with Crippen LogP contribution in [0.2, 0.25) is 0 Å². The molecule has 1 aromatic rings. The van der Waals surface area contributed by atoms with Gasteiger partial charge in [-0.15, -0.1) is 0 Å². The third-order valence-corrected chi connectivity index (χ3v) is 2.87. The van der Waals surface area contributed by atoms with E-state index in [1.165, 1.54) is 0 Å². The fourth-order valence-electron chi connectivity index (χ4n) is 2.01. The maximum atomic E-state index is 12.2. The highest BCUT2D eigenvalue weighted by Crippen LogP contribution is 2.20. The van der Waals surface area contributed by atoms with Crippen molar-refractivity contribution in [1.29, 1.82) is 0 Å². The van der Waals surface area contributed by atoms with E-state index < -0.39 is 0 Å². The van der Waals surface area contributed by atoms with E-state index in [4.69, 9.17) is 4.74 Å². The molecular weight excluding hydrogens is 200 g/mol. The van der Waals surface area contributed by atoms with Crippen LogP contribution in [0.4, 0.5) is 0 Å². The molecule has 1 aromatic carbocycles. The van der Waals surface area contributed by atoms with Crippen LogP contribution in [0, 0.1) is 13.8 Å². The van der Waals surface area contributed by atoms with Crippen molar-refractivity contribution in [3.63, 3.8) is 0 Å². The summed E-state index contributed by atoms with van der Waals surface area (Å²) >= 11 is 0. The Balaban J connectivity index is 2.37. The van der Waals surface area contributed by atoms with Gasteiger partial charge < -0.3 is 4.74 Å². The van der Waals surface area contributed by atoms with Crippen LogP contribution in [-0.4, -0.2) is 12.4 Å². The second kappa shape index (κ2) is 4.52. The van der Waals surface area contributed by atoms with Gasteiger partial charge in [-0.1, -0.05) is 18.2 Å². The zero-order chi connectivity index (χ0) is 11.5. The normalized spacial score (nSPS) is 15.2. The molecule has 0 aromatic heterocycles. The standard InChI is InChI=1S/C14H16O2/c1-10-6-5-7-11(2)13(10)14(15)12-8-3-4-9-16-12/h5-8H,3-4,9H2,1-2H3. The minimum atomic E-state index is 0.0234. The number of ether oxygens (including phenoxy) is 1. The first-order valence-corrected chi connectivity index (χ1v) is 5.64. The van der Waals surface area contributed by atoms with E-state index in [1.54, 1.807) is 0 Å². The van der Waals surface area contributed by atoms with Crippen molar-refractivity contribution in [2.24, 2.45) is 0 Å². The summed E-state index contributed by atoms with van der Waals surface area (Å²) in [6, 6.07) is 5.89. The van der Waals surface area contributed by atoms with Crippen LogP contribution in [0.25, 0.3) is 0 Å². The van der Waals surface area contributed by atoms with Gasteiger partial charge in [0.1, 0.15) is 0 Å². The van der Waals surface area contributed by atoms with Gasteiger partial charge in [0.15, 0.2) is 5.76 Å². The number of benzene rings is 1. The van der Waals surface area contributed by atoms with Gasteiger partial charge in [-0.2, -0.15) is 0 Å². The summed E-state index contributed by atoms with van der Waals surface area (Å²) in [5, 5.41) is 0. The Morgan fingerprint density at radius 2 is 1.94 bits per heavy atom. The summed E-state index contributed by atoms with van der Waals surface area (Å²) in [5.41, 5.74) is 2.82. The molecule has 1 heterocycles. The molecule has 0 amide bonds. The molecule has 0 fully saturated rings. The lowest BCUT2D eigenvalue weighted by atomic mass is 9.97. The zero-order valence-electron chi connectivity index (χ0n) is 9.75. The van der Waals surface area contributed by atoms with E-state index in [9.17, 15) is 4.79 Å². The van der Waals surface area contributed by atoms with Gasteiger partial charge >= 0.3 is 0 Å². The molecule has 16 heavy (non-hydrogen) atoms. The third-order valence-electron chi connectivity index (χ3n) is 2.87. The molecule has 0 bridgehead atoms. The van der Waals surface area contributed by atoms with Crippen LogP contribution in [0.1, 0.15) is 34.3 Å². The second-order valence-corrected chi connectivity index (χ2v) is 4.15. The van der Waals surface area contributed by atoms with Crippen molar-refractivity contribution in [3.8, 4) is 0 Å². The van der Waals surface area contributed by atoms with Crippen LogP contribution in [0.15, 0.2) is 30.0 Å². The van der Waals surface area contributed by atoms with Crippen LogP contribution < -0.4 is 0 Å². The van der Waals surface area contributed by atoms with Gasteiger partial charge in [0.25, 0.3) is 0 Å². The molecule has 2 nitrogen and oxygen atoms in total. The van der Waals surface area contributed by atoms with Gasteiger partial charge in [-0.05, 0) is 43.9 Å². The van der Waals surface area contributed by atoms with E-state index in [0.717, 1.165) is 29.5 Å². The first kappa shape index (κ1) is 10.9. The monoisotopic (exact) mass is 216 g/mol. The maximum Gasteiger partial charge on any atom is 0.227 e. The van der Waals surface area contributed by atoms with E-state index in [-0.39, 0.29) is 5.78 Å². The molecule has 2 rings (SSSR count). The van der Waals surface area contributed by atoms with Crippen LogP contribution >= 0.6 is 0 Å². The topological polar surface area (TPSA) is 26.3 Å². The van der Waals surface area contributed by atoms with Crippen LogP contribution in [0.3, 0.4) is 0 Å². The van der Waals surface area contributed by atoms with Crippen molar-refractivity contribution in [2.75, 3.05) is 6.61 Å². The summed E-state index contributed by atoms with van der Waals surface area (Å²) in [6.45, 7) is 4.58. The van der Waals surface area contributed by atoms with Gasteiger partial charge in [-0.25, -0.2) is 0 Å². The molecule has 0 aliphatic carbocycles. The number of Topliss-reactive ketones (excluding diaryl/α,β-unsaturated/α-hetero) is 1. The zero-order valence-corrected chi connectivity index (χ0v) is 9.75. The lowest BCUT2D eigenvalue weighted by molar-refractivity contribution is 0.0898. The minimum absolute atomic E-state index is 0.0234. The number of carbonyl (C=O) groups is 1. The molecule has 1 aliphatic heterocycles. The number of allylic oxidation sites excluding steroid dienone is 2. The van der Waals surface area contributed by atoms with E-state index in [1.807, 2.05) is 38.1 Å². The largest absolute Gasteiger partial charge is 0.490 e. The predicted molar refractivity (Wildman–Crippen MR) is 63.5 cm³/mol. The summed E-state index contributed by atoms with van der Waals surface area (Å²) < 4.78 is 5.42. The fourth-order valence-corrected chi connectivity index (χ4v) is 2.01. The van der Waals surface area contributed by atoms with E-state index >= 15 is 0 Å². The Labute approximate surface area is 95.9 Å². The molecule has 0 atom stereocenters. The Morgan fingerprint density at radius 3 is 2.50 bits per heavy atom. The summed E-state index contributed by atoms with van der Waals surface area (Å²) in [7, 11) is 0. The van der Waals surface area contributed by atoms with Crippen molar-refractivity contribution < 1.29 is 9.53 Å². The van der Waals surface area contributed by atoms with E-state index in [2.05, 4.69) is 0 Å². The highest BCUT2D eigenvalue weighted by Gasteiger charge is 2.19. The Bertz CT molecular complexity index is 424. The molecule has 0 radical (unpaired) electrons. The maximum absolute atomic E-state index is 12.2. The Hall–Kier alpha value is -1.57. The molecule has 84 valence electrons. The van der Waals surface area contributed by atoms with Gasteiger partial charge in [0.2, 0.25) is 5.78 Å². The van der Waals surface area contributed by atoms with Crippen molar-refractivity contribution in [1.82, 2.24) is 0 Å². The Kier molecular flexibility index (Phi) is 3.09. The molecule has 1 aliphatic rings. The number of hydrogen-bond donors (Lipinski definition) is 0. The second-order valence-electron chi connectivity index (χ2n) is 4.15. The van der Waals surface area contributed by atoms with Gasteiger partial charge in [-0.3, -0.25) is 4.79 Å². The minimum Gasteiger partial charge on any atom is -0.490 e. The highest BCUT2D eigenvalue weighted by atomic mass is 16.5. The van der Waals surface area contributed by atoms with Crippen molar-refractivity contribution >= 4 is 5.78 Å². The number of rotatable bonds is 2. The first-order valence-electron chi connectivity index (χ1n) is 5.64. The third kappa shape index (κ3) is 2.01. The number of carbonyl (C=O) groups excluding carboxylic acids is 1. The van der Waals surface area contributed by atoms with Gasteiger partial charge in [0, 0.05) is 5.56 Å². The SMILES string of the molecule is Cc1cccc(C)c1C(=O)C1=CCCCO1. The lowest BCUT2D eigenvalue weighted by Crippen LogP contribution is -2.13. The first-order chi connectivity index (χ1) is 7.70. The quantitative estimate of drug-likeness (QED) is 0.710. The predicted octanol–water partition coefficient (Wildman–Crippen LogP) is 3.18. The number of hydrogen-bond acceptors (Lipinski definition) is 2. The number of aryl methyl sites for hydroxylation is 2. The van der Waals surface area contributed by atoms with Crippen LogP contribution in [-0.2, 0) is 4.74 Å². The van der Waals surface area contributed by atoms with Crippen molar-refractivity contribution in [2.45, 2.75) is 26.7 Å². The molecule has 0 saturated heterocycles. The molecular formula is C14H16O2. The van der Waals surface area contributed by atoms with Crippen molar-refractivity contribution in [3.05, 3.63) is 46.7 Å². The molecule has 0 saturated carbocycles. The van der Waals surface area contributed by atoms with Crippen LogP contribution in [0.5, 0.6) is 0 Å². The molecule has 0 spiro atoms. The smallest absolute Gasteiger partial charge is 0.227 e. The average Bonchev–Trinajstić information content (AvgIpc) is 2.30. The summed E-state index contributed by atoms with van der Waals surface area (Å²) in [5.74, 6) is 0.541. The summed E-state index contributed by atoms with van der Waals surface area (Å²) in [6.07, 6.45) is 3.84. The van der Waals surface area contributed by atoms with E-state index in [0.29, 0.717) is 12.4 Å². The molecule has 2 heteroatoms. The fraction of sp³-hybridized carbons (Fsp3) is 0.357. The van der Waals surface area contributed by atoms with Gasteiger partial charge in [0.05, 0.1) is 6.61 Å². The average molecular weight is 216 g/mol. The summed E-state index contributed by atoms with van der Waals surface area (Å²) in [4.78, 5) is 12.2. The Morgan fingerprint density at radius 1 is 1.25 bits per heavy atom. The molecule has 0 N–H and O–H groups in total.